The van der Waals surface area contributed by atoms with Crippen molar-refractivity contribution in [1.82, 2.24) is 4.90 Å². The number of likely N-dealkylation sites (tertiary alicyclic amines) is 1. The number of carbonyl (C=O) groups excluding carboxylic acids is 1. The van der Waals surface area contributed by atoms with Gasteiger partial charge in [0.25, 0.3) is 5.91 Å². The molecule has 164 valence electrons. The Bertz CT molecular complexity index is 907. The number of aliphatic imine (C=N–C) groups is 1. The van der Waals surface area contributed by atoms with E-state index in [0.717, 1.165) is 42.8 Å². The Morgan fingerprint density at radius 3 is 2.55 bits per heavy atom. The third kappa shape index (κ3) is 4.59. The fourth-order valence-electron chi connectivity index (χ4n) is 4.23. The van der Waals surface area contributed by atoms with Crippen LogP contribution < -0.4 is 4.74 Å². The molecule has 2 aromatic rings. The Hall–Kier alpha value is -2.86. The molecule has 6 nitrogen and oxygen atoms in total. The zero-order valence-corrected chi connectivity index (χ0v) is 18.0. The summed E-state index contributed by atoms with van der Waals surface area (Å²) in [7, 11) is 0. The van der Waals surface area contributed by atoms with Crippen LogP contribution in [-0.2, 0) is 16.0 Å². The van der Waals surface area contributed by atoms with Crippen molar-refractivity contribution in [3.8, 4) is 5.75 Å². The summed E-state index contributed by atoms with van der Waals surface area (Å²) in [6, 6.07) is 17.6. The number of carbonyl (C=O) groups is 1. The Morgan fingerprint density at radius 1 is 1.16 bits per heavy atom. The summed E-state index contributed by atoms with van der Waals surface area (Å²) < 4.78 is 11.8. The fraction of sp³-hybridized carbons (Fsp3) is 0.440. The lowest BCUT2D eigenvalue weighted by atomic mass is 9.85. The molecule has 1 fully saturated rings. The minimum Gasteiger partial charge on any atom is -0.494 e. The summed E-state index contributed by atoms with van der Waals surface area (Å²) in [5, 5.41) is 8.89. The zero-order valence-electron chi connectivity index (χ0n) is 18.0. The summed E-state index contributed by atoms with van der Waals surface area (Å²) in [6.45, 7) is 4.09. The van der Waals surface area contributed by atoms with E-state index >= 15 is 0 Å². The molecule has 31 heavy (non-hydrogen) atoms. The molecule has 0 bridgehead atoms. The zero-order chi connectivity index (χ0) is 21.7. The van der Waals surface area contributed by atoms with Gasteiger partial charge in [0, 0.05) is 38.1 Å². The maximum atomic E-state index is 13.7. The van der Waals surface area contributed by atoms with Gasteiger partial charge in [-0.15, -0.1) is 0 Å². The highest BCUT2D eigenvalue weighted by atomic mass is 16.5. The predicted molar refractivity (Wildman–Crippen MR) is 119 cm³/mol. The summed E-state index contributed by atoms with van der Waals surface area (Å²) in [4.78, 5) is 20.5. The minimum absolute atomic E-state index is 0.0558. The number of benzene rings is 2. The molecule has 2 aliphatic rings. The molecule has 0 aliphatic carbocycles. The van der Waals surface area contributed by atoms with Crippen molar-refractivity contribution < 1.29 is 19.4 Å². The van der Waals surface area contributed by atoms with Crippen molar-refractivity contribution in [2.45, 2.75) is 44.2 Å². The Kier molecular flexibility index (Phi) is 6.56. The van der Waals surface area contributed by atoms with Crippen LogP contribution in [0, 0.1) is 0 Å². The highest BCUT2D eigenvalue weighted by Crippen LogP contribution is 2.35. The maximum absolute atomic E-state index is 13.7. The number of hydrogen-bond donors (Lipinski definition) is 1. The van der Waals surface area contributed by atoms with E-state index in [-0.39, 0.29) is 18.6 Å². The van der Waals surface area contributed by atoms with Crippen molar-refractivity contribution in [3.63, 3.8) is 0 Å². The lowest BCUT2D eigenvalue weighted by Crippen LogP contribution is -2.53. The lowest BCUT2D eigenvalue weighted by Gasteiger charge is -2.32. The van der Waals surface area contributed by atoms with Gasteiger partial charge in [-0.05, 0) is 49.6 Å². The Morgan fingerprint density at radius 2 is 1.87 bits per heavy atom. The molecule has 0 unspecified atom stereocenters. The standard InChI is InChI=1S/C25H30N2O4/c1-19-25(18-20-8-3-2-4-9-20,24(29)27-14-5-6-15-27)26-23(31-19)21-10-12-22(13-11-21)30-17-7-16-28/h2-4,8-13,19,28H,5-7,14-18H2,1H3/t19-,25-/m1/s1. The molecule has 0 aromatic heterocycles. The van der Waals surface area contributed by atoms with Crippen LogP contribution in [0.4, 0.5) is 0 Å². The largest absolute Gasteiger partial charge is 0.494 e. The maximum Gasteiger partial charge on any atom is 0.254 e. The van der Waals surface area contributed by atoms with E-state index in [4.69, 9.17) is 19.6 Å². The summed E-state index contributed by atoms with van der Waals surface area (Å²) in [6.07, 6.45) is 2.82. The SMILES string of the molecule is C[C@H]1OC(c2ccc(OCCCO)cc2)=N[C@@]1(Cc1ccccc1)C(=O)N1CCCC1. The normalized spacial score (nSPS) is 22.8. The van der Waals surface area contributed by atoms with E-state index in [2.05, 4.69) is 0 Å². The molecule has 2 heterocycles. The van der Waals surface area contributed by atoms with Gasteiger partial charge in [-0.3, -0.25) is 4.79 Å². The van der Waals surface area contributed by atoms with Crippen LogP contribution in [0.2, 0.25) is 0 Å². The minimum atomic E-state index is -0.961. The smallest absolute Gasteiger partial charge is 0.254 e. The third-order valence-corrected chi connectivity index (χ3v) is 6.01. The van der Waals surface area contributed by atoms with Crippen molar-refractivity contribution in [2.24, 2.45) is 4.99 Å². The van der Waals surface area contributed by atoms with Crippen LogP contribution in [0.15, 0.2) is 59.6 Å². The van der Waals surface area contributed by atoms with Crippen LogP contribution in [0.25, 0.3) is 0 Å². The predicted octanol–water partition coefficient (Wildman–Crippen LogP) is 3.22. The lowest BCUT2D eigenvalue weighted by molar-refractivity contribution is -0.138. The summed E-state index contributed by atoms with van der Waals surface area (Å²) in [5.74, 6) is 1.28. The number of rotatable bonds is 8. The van der Waals surface area contributed by atoms with Gasteiger partial charge < -0.3 is 19.5 Å². The second-order valence-corrected chi connectivity index (χ2v) is 8.21. The van der Waals surface area contributed by atoms with E-state index in [0.29, 0.717) is 25.3 Å². The molecule has 1 saturated heterocycles. The fourth-order valence-corrected chi connectivity index (χ4v) is 4.23. The molecule has 4 rings (SSSR count). The molecule has 2 aromatic carbocycles. The average Bonchev–Trinajstić information content (AvgIpc) is 3.44. The van der Waals surface area contributed by atoms with Gasteiger partial charge in [0.15, 0.2) is 5.54 Å². The average molecular weight is 423 g/mol. The van der Waals surface area contributed by atoms with Crippen LogP contribution in [0.3, 0.4) is 0 Å². The first-order valence-electron chi connectivity index (χ1n) is 11.1. The van der Waals surface area contributed by atoms with Crippen molar-refractivity contribution >= 4 is 11.8 Å². The molecule has 1 amide bonds. The van der Waals surface area contributed by atoms with Gasteiger partial charge in [-0.2, -0.15) is 0 Å². The molecule has 2 aliphatic heterocycles. The quantitative estimate of drug-likeness (QED) is 0.663. The first kappa shape index (κ1) is 21.4. The van der Waals surface area contributed by atoms with E-state index in [9.17, 15) is 4.79 Å². The molecule has 0 radical (unpaired) electrons. The van der Waals surface area contributed by atoms with Crippen molar-refractivity contribution in [3.05, 3.63) is 65.7 Å². The van der Waals surface area contributed by atoms with Gasteiger partial charge in [-0.25, -0.2) is 4.99 Å². The van der Waals surface area contributed by atoms with Gasteiger partial charge >= 0.3 is 0 Å². The number of ether oxygens (including phenoxy) is 2. The van der Waals surface area contributed by atoms with Crippen LogP contribution in [-0.4, -0.2) is 59.8 Å². The van der Waals surface area contributed by atoms with Gasteiger partial charge in [0.2, 0.25) is 5.90 Å². The number of hydrogen-bond acceptors (Lipinski definition) is 5. The van der Waals surface area contributed by atoms with Crippen molar-refractivity contribution in [1.29, 1.82) is 0 Å². The van der Waals surface area contributed by atoms with Gasteiger partial charge in [-0.1, -0.05) is 30.3 Å². The highest BCUT2D eigenvalue weighted by Gasteiger charge is 2.52. The van der Waals surface area contributed by atoms with Gasteiger partial charge in [0.05, 0.1) is 6.61 Å². The highest BCUT2D eigenvalue weighted by molar-refractivity contribution is 6.01. The molecule has 0 spiro atoms. The topological polar surface area (TPSA) is 71.4 Å². The van der Waals surface area contributed by atoms with E-state index in [1.807, 2.05) is 66.4 Å². The molecular formula is C25H30N2O4. The first-order valence-corrected chi connectivity index (χ1v) is 11.1. The van der Waals surface area contributed by atoms with Crippen LogP contribution in [0.5, 0.6) is 5.75 Å². The van der Waals surface area contributed by atoms with Crippen LogP contribution in [0.1, 0.15) is 37.3 Å². The number of aliphatic hydroxyl groups is 1. The van der Waals surface area contributed by atoms with Gasteiger partial charge in [0.1, 0.15) is 11.9 Å². The summed E-state index contributed by atoms with van der Waals surface area (Å²) >= 11 is 0. The van der Waals surface area contributed by atoms with E-state index in [1.54, 1.807) is 0 Å². The summed E-state index contributed by atoms with van der Waals surface area (Å²) in [5.41, 5.74) is 0.936. The molecule has 2 atom stereocenters. The molecule has 1 N–H and O–H groups in total. The number of amides is 1. The Balaban J connectivity index is 1.62. The molecule has 6 heteroatoms. The van der Waals surface area contributed by atoms with Crippen molar-refractivity contribution in [2.75, 3.05) is 26.3 Å². The first-order chi connectivity index (χ1) is 15.1. The second kappa shape index (κ2) is 9.52. The second-order valence-electron chi connectivity index (χ2n) is 8.21. The third-order valence-electron chi connectivity index (χ3n) is 6.01. The van der Waals surface area contributed by atoms with Crippen LogP contribution >= 0.6 is 0 Å². The Labute approximate surface area is 183 Å². The van der Waals surface area contributed by atoms with E-state index in [1.165, 1.54) is 0 Å². The molecule has 0 saturated carbocycles. The van der Waals surface area contributed by atoms with E-state index < -0.39 is 5.54 Å². The number of nitrogens with zero attached hydrogens (tertiary/aromatic N) is 2. The monoisotopic (exact) mass is 422 g/mol. The number of aliphatic hydroxyl groups excluding tert-OH is 1. The molecular weight excluding hydrogens is 392 g/mol.